The van der Waals surface area contributed by atoms with Crippen LogP contribution in [0.3, 0.4) is 0 Å². The van der Waals surface area contributed by atoms with Crippen LogP contribution in [0.1, 0.15) is 58.8 Å². The molecule has 1 rings (SSSR count). The van der Waals surface area contributed by atoms with Crippen LogP contribution in [0.4, 0.5) is 0 Å². The van der Waals surface area contributed by atoms with Gasteiger partial charge in [0, 0.05) is 0 Å². The van der Waals surface area contributed by atoms with Crippen molar-refractivity contribution in [3.05, 3.63) is 0 Å². The standard InChI is InChI=1S/C14H29NO/c1-3-5-6-12(4-2)11-14(16)13-7-9-15-10-8-13/h12-16H,3-11H2,1-2H3. The number of rotatable bonds is 7. The Morgan fingerprint density at radius 3 is 2.50 bits per heavy atom. The molecule has 2 heteroatoms. The topological polar surface area (TPSA) is 32.3 Å². The van der Waals surface area contributed by atoms with E-state index in [0.29, 0.717) is 5.92 Å². The van der Waals surface area contributed by atoms with Crippen LogP contribution in [0, 0.1) is 11.8 Å². The van der Waals surface area contributed by atoms with E-state index in [-0.39, 0.29) is 6.10 Å². The lowest BCUT2D eigenvalue weighted by Crippen LogP contribution is -2.34. The molecule has 1 aliphatic rings. The smallest absolute Gasteiger partial charge is 0.0572 e. The summed E-state index contributed by atoms with van der Waals surface area (Å²) in [7, 11) is 0. The van der Waals surface area contributed by atoms with Crippen molar-refractivity contribution in [3.8, 4) is 0 Å². The van der Waals surface area contributed by atoms with Crippen molar-refractivity contribution < 1.29 is 5.11 Å². The quantitative estimate of drug-likeness (QED) is 0.701. The molecule has 1 heterocycles. The zero-order valence-electron chi connectivity index (χ0n) is 11.0. The Morgan fingerprint density at radius 1 is 1.25 bits per heavy atom. The summed E-state index contributed by atoms with van der Waals surface area (Å²) in [5.74, 6) is 1.29. The van der Waals surface area contributed by atoms with Gasteiger partial charge in [0.15, 0.2) is 0 Å². The van der Waals surface area contributed by atoms with Gasteiger partial charge in [-0.15, -0.1) is 0 Å². The Balaban J connectivity index is 2.26. The first-order valence-electron chi connectivity index (χ1n) is 7.16. The fraction of sp³-hybridized carbons (Fsp3) is 1.00. The van der Waals surface area contributed by atoms with Crippen LogP contribution in [0.25, 0.3) is 0 Å². The normalized spacial score (nSPS) is 21.9. The van der Waals surface area contributed by atoms with Gasteiger partial charge in [-0.25, -0.2) is 0 Å². The van der Waals surface area contributed by atoms with E-state index >= 15 is 0 Å². The molecule has 2 nitrogen and oxygen atoms in total. The number of aliphatic hydroxyl groups excluding tert-OH is 1. The van der Waals surface area contributed by atoms with Crippen molar-refractivity contribution >= 4 is 0 Å². The molecule has 2 unspecified atom stereocenters. The maximum absolute atomic E-state index is 10.2. The summed E-state index contributed by atoms with van der Waals surface area (Å²) in [4.78, 5) is 0. The molecule has 1 fully saturated rings. The molecule has 1 aliphatic heterocycles. The van der Waals surface area contributed by atoms with Gasteiger partial charge in [0.05, 0.1) is 6.10 Å². The van der Waals surface area contributed by atoms with E-state index in [9.17, 15) is 5.11 Å². The maximum Gasteiger partial charge on any atom is 0.0572 e. The van der Waals surface area contributed by atoms with Crippen molar-refractivity contribution in [1.82, 2.24) is 5.32 Å². The van der Waals surface area contributed by atoms with Crippen molar-refractivity contribution in [2.45, 2.75) is 64.9 Å². The van der Waals surface area contributed by atoms with Gasteiger partial charge in [0.25, 0.3) is 0 Å². The van der Waals surface area contributed by atoms with Crippen molar-refractivity contribution in [2.24, 2.45) is 11.8 Å². The second-order valence-corrected chi connectivity index (χ2v) is 5.31. The second kappa shape index (κ2) is 8.08. The van der Waals surface area contributed by atoms with E-state index in [1.165, 1.54) is 25.7 Å². The summed E-state index contributed by atoms with van der Waals surface area (Å²) in [5, 5.41) is 13.6. The van der Waals surface area contributed by atoms with Gasteiger partial charge in [0.1, 0.15) is 0 Å². The second-order valence-electron chi connectivity index (χ2n) is 5.31. The minimum Gasteiger partial charge on any atom is -0.393 e. The first-order chi connectivity index (χ1) is 7.77. The number of aliphatic hydroxyl groups is 1. The molecule has 0 aliphatic carbocycles. The minimum atomic E-state index is -0.0519. The van der Waals surface area contributed by atoms with Gasteiger partial charge in [-0.1, -0.05) is 39.5 Å². The predicted molar refractivity (Wildman–Crippen MR) is 69.5 cm³/mol. The molecule has 0 bridgehead atoms. The van der Waals surface area contributed by atoms with Gasteiger partial charge < -0.3 is 10.4 Å². The van der Waals surface area contributed by atoms with Gasteiger partial charge >= 0.3 is 0 Å². The van der Waals surface area contributed by atoms with Gasteiger partial charge in [-0.3, -0.25) is 0 Å². The summed E-state index contributed by atoms with van der Waals surface area (Å²) in [6.07, 6.45) is 8.41. The SMILES string of the molecule is CCCCC(CC)CC(O)C1CCNCC1. The average Bonchev–Trinajstić information content (AvgIpc) is 2.35. The molecule has 96 valence electrons. The molecule has 16 heavy (non-hydrogen) atoms. The monoisotopic (exact) mass is 227 g/mol. The summed E-state index contributed by atoms with van der Waals surface area (Å²) < 4.78 is 0. The van der Waals surface area contributed by atoms with E-state index in [0.717, 1.165) is 38.3 Å². The Labute approximate surface area is 101 Å². The third-order valence-corrected chi connectivity index (χ3v) is 4.05. The molecule has 0 saturated carbocycles. The molecule has 0 aromatic carbocycles. The lowest BCUT2D eigenvalue weighted by atomic mass is 9.84. The molecule has 0 amide bonds. The fourth-order valence-electron chi connectivity index (χ4n) is 2.74. The van der Waals surface area contributed by atoms with Crippen LogP contribution in [0.15, 0.2) is 0 Å². The minimum absolute atomic E-state index is 0.0519. The maximum atomic E-state index is 10.2. The molecular weight excluding hydrogens is 198 g/mol. The number of nitrogens with one attached hydrogen (secondary N) is 1. The lowest BCUT2D eigenvalue weighted by Gasteiger charge is -2.29. The molecule has 0 aromatic heterocycles. The number of piperidine rings is 1. The van der Waals surface area contributed by atoms with Crippen LogP contribution in [-0.4, -0.2) is 24.3 Å². The highest BCUT2D eigenvalue weighted by atomic mass is 16.3. The third-order valence-electron chi connectivity index (χ3n) is 4.05. The van der Waals surface area contributed by atoms with Crippen LogP contribution in [0.2, 0.25) is 0 Å². The average molecular weight is 227 g/mol. The highest BCUT2D eigenvalue weighted by molar-refractivity contribution is 4.77. The fourth-order valence-corrected chi connectivity index (χ4v) is 2.74. The summed E-state index contributed by atoms with van der Waals surface area (Å²) in [6, 6.07) is 0. The molecule has 0 radical (unpaired) electrons. The van der Waals surface area contributed by atoms with E-state index in [2.05, 4.69) is 19.2 Å². The molecule has 2 N–H and O–H groups in total. The highest BCUT2D eigenvalue weighted by Crippen LogP contribution is 2.25. The van der Waals surface area contributed by atoms with E-state index < -0.39 is 0 Å². The molecule has 0 aromatic rings. The van der Waals surface area contributed by atoms with E-state index in [4.69, 9.17) is 0 Å². The predicted octanol–water partition coefficient (Wildman–Crippen LogP) is 2.95. The first-order valence-corrected chi connectivity index (χ1v) is 7.16. The van der Waals surface area contributed by atoms with E-state index in [1.54, 1.807) is 0 Å². The Morgan fingerprint density at radius 2 is 1.94 bits per heavy atom. The van der Waals surface area contributed by atoms with Gasteiger partial charge in [-0.2, -0.15) is 0 Å². The summed E-state index contributed by atoms with van der Waals surface area (Å²) in [5.41, 5.74) is 0. The van der Waals surface area contributed by atoms with Crippen LogP contribution in [0.5, 0.6) is 0 Å². The molecule has 1 saturated heterocycles. The zero-order chi connectivity index (χ0) is 11.8. The number of hydrogen-bond acceptors (Lipinski definition) is 2. The molecule has 2 atom stereocenters. The lowest BCUT2D eigenvalue weighted by molar-refractivity contribution is 0.0632. The van der Waals surface area contributed by atoms with Crippen molar-refractivity contribution in [2.75, 3.05) is 13.1 Å². The molecule has 0 spiro atoms. The first kappa shape index (κ1) is 14.0. The van der Waals surface area contributed by atoms with Gasteiger partial charge in [-0.05, 0) is 44.2 Å². The Bertz CT molecular complexity index is 166. The van der Waals surface area contributed by atoms with Crippen molar-refractivity contribution in [3.63, 3.8) is 0 Å². The Hall–Kier alpha value is -0.0800. The highest BCUT2D eigenvalue weighted by Gasteiger charge is 2.23. The van der Waals surface area contributed by atoms with Crippen molar-refractivity contribution in [1.29, 1.82) is 0 Å². The zero-order valence-corrected chi connectivity index (χ0v) is 11.0. The van der Waals surface area contributed by atoms with Crippen LogP contribution >= 0.6 is 0 Å². The summed E-state index contributed by atoms with van der Waals surface area (Å²) >= 11 is 0. The number of hydrogen-bond donors (Lipinski definition) is 2. The Kier molecular flexibility index (Phi) is 7.06. The third kappa shape index (κ3) is 4.84. The van der Waals surface area contributed by atoms with Crippen LogP contribution < -0.4 is 5.32 Å². The molecular formula is C14H29NO. The number of unbranched alkanes of at least 4 members (excludes halogenated alkanes) is 1. The van der Waals surface area contributed by atoms with E-state index in [1.807, 2.05) is 0 Å². The van der Waals surface area contributed by atoms with Gasteiger partial charge in [0.2, 0.25) is 0 Å². The van der Waals surface area contributed by atoms with Crippen LogP contribution in [-0.2, 0) is 0 Å². The summed E-state index contributed by atoms with van der Waals surface area (Å²) in [6.45, 7) is 6.69. The largest absolute Gasteiger partial charge is 0.393 e.